The summed E-state index contributed by atoms with van der Waals surface area (Å²) >= 11 is 0. The van der Waals surface area contributed by atoms with Gasteiger partial charge in [0.25, 0.3) is 0 Å². The van der Waals surface area contributed by atoms with Gasteiger partial charge in [0.2, 0.25) is 0 Å². The number of hydrogen-bond acceptors (Lipinski definition) is 5. The number of benzene rings is 1. The number of rotatable bonds is 5. The molecule has 0 amide bonds. The Morgan fingerprint density at radius 2 is 1.58 bits per heavy atom. The molecule has 38 heavy (non-hydrogen) atoms. The average molecular weight is 519 g/mol. The molecule has 6 rings (SSSR count). The minimum Gasteiger partial charge on any atom is -0.390 e. The maximum Gasteiger partial charge on any atom is 0.184 e. The van der Waals surface area contributed by atoms with Gasteiger partial charge in [-0.15, -0.1) is 0 Å². The van der Waals surface area contributed by atoms with Crippen LogP contribution in [0.15, 0.2) is 42.0 Å². The highest BCUT2D eigenvalue weighted by molar-refractivity contribution is 6.42. The highest BCUT2D eigenvalue weighted by Crippen LogP contribution is 2.77. The van der Waals surface area contributed by atoms with Gasteiger partial charge in [0.15, 0.2) is 28.5 Å². The Bertz CT molecular complexity index is 1270. The molecule has 5 saturated carbocycles. The highest BCUT2D eigenvalue weighted by atomic mass is 16.3. The molecule has 5 heteroatoms. The van der Waals surface area contributed by atoms with Gasteiger partial charge in [-0.3, -0.25) is 19.2 Å². The molecule has 5 aliphatic rings. The predicted molar refractivity (Wildman–Crippen MR) is 145 cm³/mol. The third-order valence-corrected chi connectivity index (χ3v) is 11.5. The number of ketones is 4. The van der Waals surface area contributed by atoms with E-state index in [4.69, 9.17) is 0 Å². The molecule has 204 valence electrons. The second-order valence-electron chi connectivity index (χ2n) is 14.6. The van der Waals surface area contributed by atoms with Crippen LogP contribution in [0.2, 0.25) is 0 Å². The Morgan fingerprint density at radius 1 is 0.974 bits per heavy atom. The van der Waals surface area contributed by atoms with Crippen molar-refractivity contribution in [2.24, 2.45) is 44.8 Å². The Balaban J connectivity index is 1.89. The molecule has 1 aromatic carbocycles. The topological polar surface area (TPSA) is 88.5 Å². The molecule has 0 unspecified atom stereocenters. The van der Waals surface area contributed by atoms with Gasteiger partial charge < -0.3 is 5.11 Å². The first-order valence-electron chi connectivity index (χ1n) is 14.0. The molecular weight excluding hydrogens is 476 g/mol. The van der Waals surface area contributed by atoms with Crippen molar-refractivity contribution in [3.8, 4) is 0 Å². The predicted octanol–water partition coefficient (Wildman–Crippen LogP) is 5.79. The van der Waals surface area contributed by atoms with Crippen LogP contribution in [0.3, 0.4) is 0 Å². The highest BCUT2D eigenvalue weighted by Gasteiger charge is 2.86. The first-order chi connectivity index (χ1) is 17.4. The Hall–Kier alpha value is -2.40. The second-order valence-corrected chi connectivity index (χ2v) is 14.6. The molecule has 5 fully saturated rings. The van der Waals surface area contributed by atoms with Crippen LogP contribution >= 0.6 is 0 Å². The van der Waals surface area contributed by atoms with E-state index in [1.807, 2.05) is 33.8 Å². The summed E-state index contributed by atoms with van der Waals surface area (Å²) in [6.45, 7) is 15.3. The van der Waals surface area contributed by atoms with Gasteiger partial charge in [0.05, 0.1) is 16.4 Å². The number of carbonyl (C=O) groups excluding carboxylic acids is 4. The van der Waals surface area contributed by atoms with Gasteiger partial charge in [-0.25, -0.2) is 0 Å². The molecule has 0 saturated heterocycles. The second kappa shape index (κ2) is 7.84. The minimum absolute atomic E-state index is 0.169. The van der Waals surface area contributed by atoms with Crippen molar-refractivity contribution in [3.63, 3.8) is 0 Å². The maximum atomic E-state index is 15.3. The summed E-state index contributed by atoms with van der Waals surface area (Å²) in [5.74, 6) is -2.64. The van der Waals surface area contributed by atoms with E-state index >= 15 is 4.79 Å². The van der Waals surface area contributed by atoms with Crippen LogP contribution in [0, 0.1) is 44.8 Å². The van der Waals surface area contributed by atoms with Gasteiger partial charge in [0.1, 0.15) is 0 Å². The monoisotopic (exact) mass is 518 g/mol. The molecule has 1 aromatic rings. The first-order valence-corrected chi connectivity index (χ1v) is 14.0. The van der Waals surface area contributed by atoms with Crippen molar-refractivity contribution >= 4 is 23.1 Å². The Kier molecular flexibility index (Phi) is 5.60. The third kappa shape index (κ3) is 2.92. The summed E-state index contributed by atoms with van der Waals surface area (Å²) in [6, 6.07) is 8.65. The average Bonchev–Trinajstić information content (AvgIpc) is 2.98. The van der Waals surface area contributed by atoms with E-state index in [-0.39, 0.29) is 36.4 Å². The summed E-state index contributed by atoms with van der Waals surface area (Å²) in [7, 11) is 0. The van der Waals surface area contributed by atoms with Crippen molar-refractivity contribution in [3.05, 3.63) is 47.5 Å². The summed E-state index contributed by atoms with van der Waals surface area (Å²) < 4.78 is 0. The fourth-order valence-electron chi connectivity index (χ4n) is 9.57. The zero-order valence-electron chi connectivity index (χ0n) is 24.1. The first kappa shape index (κ1) is 27.2. The van der Waals surface area contributed by atoms with E-state index in [2.05, 4.69) is 13.8 Å². The maximum absolute atomic E-state index is 15.3. The number of carbonyl (C=O) groups is 4. The van der Waals surface area contributed by atoms with E-state index < -0.39 is 50.0 Å². The van der Waals surface area contributed by atoms with Crippen molar-refractivity contribution in [2.45, 2.75) is 86.7 Å². The summed E-state index contributed by atoms with van der Waals surface area (Å²) in [5.41, 5.74) is -6.16. The molecule has 5 aliphatic carbocycles. The molecule has 0 aromatic heterocycles. The van der Waals surface area contributed by atoms with Crippen LogP contribution in [-0.4, -0.2) is 33.8 Å². The summed E-state index contributed by atoms with van der Waals surface area (Å²) in [6.07, 6.45) is 3.25. The molecular formula is C33H42O5. The molecule has 0 aliphatic heterocycles. The van der Waals surface area contributed by atoms with Crippen LogP contribution in [0.25, 0.3) is 0 Å². The number of hydrogen-bond donors (Lipinski definition) is 1. The van der Waals surface area contributed by atoms with E-state index in [1.54, 1.807) is 44.2 Å². The van der Waals surface area contributed by atoms with Crippen molar-refractivity contribution in [2.75, 3.05) is 0 Å². The van der Waals surface area contributed by atoms with E-state index in [0.29, 0.717) is 18.4 Å². The van der Waals surface area contributed by atoms with Crippen LogP contribution in [0.5, 0.6) is 0 Å². The molecule has 4 bridgehead atoms. The standard InChI is InChI=1S/C33H42O5/c1-19(2)14-15-31-17-21-16-22-28(3,4)23(30(7,8)38)18-32(22,25(31)35)27(37)33(26(31)36,29(21,5)6)24(34)20-12-10-9-11-13-20/h9-14,21-23,38H,15-18H2,1-8H3/t21-,22-,23-,31-,32+,33-/m0/s1. The van der Waals surface area contributed by atoms with E-state index in [9.17, 15) is 19.5 Å². The molecule has 1 spiro atoms. The quantitative estimate of drug-likeness (QED) is 0.303. The van der Waals surface area contributed by atoms with E-state index in [0.717, 1.165) is 5.57 Å². The van der Waals surface area contributed by atoms with E-state index in [1.165, 1.54) is 0 Å². The fourth-order valence-corrected chi connectivity index (χ4v) is 9.57. The zero-order valence-corrected chi connectivity index (χ0v) is 24.1. The fraction of sp³-hybridized carbons (Fsp3) is 0.636. The minimum atomic E-state index is -1.94. The lowest BCUT2D eigenvalue weighted by atomic mass is 9.37. The van der Waals surface area contributed by atoms with Crippen LogP contribution in [0.1, 0.15) is 91.4 Å². The largest absolute Gasteiger partial charge is 0.390 e. The number of Topliss-reactive ketones (excluding diaryl/α,β-unsaturated/α-hetero) is 4. The van der Waals surface area contributed by atoms with Crippen LogP contribution in [0.4, 0.5) is 0 Å². The summed E-state index contributed by atoms with van der Waals surface area (Å²) in [4.78, 5) is 59.8. The lowest BCUT2D eigenvalue weighted by Crippen LogP contribution is -2.75. The van der Waals surface area contributed by atoms with Gasteiger partial charge in [-0.1, -0.05) is 69.7 Å². The van der Waals surface area contributed by atoms with Crippen molar-refractivity contribution in [1.82, 2.24) is 0 Å². The Morgan fingerprint density at radius 3 is 2.13 bits per heavy atom. The molecule has 1 N–H and O–H groups in total. The molecule has 6 atom stereocenters. The molecule has 5 nitrogen and oxygen atoms in total. The third-order valence-electron chi connectivity index (χ3n) is 11.5. The molecule has 0 radical (unpaired) electrons. The van der Waals surface area contributed by atoms with Crippen molar-refractivity contribution in [1.29, 1.82) is 0 Å². The normalized spacial score (nSPS) is 38.7. The SMILES string of the molecule is CC(C)=CC[C@]12C[C@@H]3C[C@H]4C(C)(C)[C@@H](C(C)(C)O)C[C@@]4(C1=O)C(=O)[C@](C(=O)c1ccccc1)(C2=O)C3(C)C. The van der Waals surface area contributed by atoms with Gasteiger partial charge >= 0.3 is 0 Å². The smallest absolute Gasteiger partial charge is 0.184 e. The lowest BCUT2D eigenvalue weighted by molar-refractivity contribution is -0.181. The zero-order chi connectivity index (χ0) is 28.3. The van der Waals surface area contributed by atoms with Crippen LogP contribution in [-0.2, 0) is 14.4 Å². The van der Waals surface area contributed by atoms with Gasteiger partial charge in [-0.05, 0) is 82.0 Å². The molecule has 0 heterocycles. The lowest BCUT2D eigenvalue weighted by Gasteiger charge is -2.60. The Labute approximate surface area is 226 Å². The van der Waals surface area contributed by atoms with Crippen molar-refractivity contribution < 1.29 is 24.3 Å². The van der Waals surface area contributed by atoms with Crippen LogP contribution < -0.4 is 0 Å². The summed E-state index contributed by atoms with van der Waals surface area (Å²) in [5, 5.41) is 11.3. The van der Waals surface area contributed by atoms with Gasteiger partial charge in [-0.2, -0.15) is 0 Å². The van der Waals surface area contributed by atoms with Gasteiger partial charge in [0, 0.05) is 5.56 Å². The number of aliphatic hydroxyl groups is 1. The number of allylic oxidation sites excluding steroid dienone is 2.